The summed E-state index contributed by atoms with van der Waals surface area (Å²) in [6, 6.07) is 0. The zero-order valence-corrected chi connectivity index (χ0v) is 5.17. The van der Waals surface area contributed by atoms with Crippen LogP contribution in [0.25, 0.3) is 0 Å². The van der Waals surface area contributed by atoms with E-state index in [2.05, 4.69) is 29.1 Å². The van der Waals surface area contributed by atoms with Crippen molar-refractivity contribution in [3.8, 4) is 0 Å². The van der Waals surface area contributed by atoms with Gasteiger partial charge in [-0.25, -0.2) is 10.9 Å². The average Bonchev–Trinajstić information content (AvgIpc) is 2.33. The summed E-state index contributed by atoms with van der Waals surface area (Å²) in [6.45, 7) is 0.988. The number of hydrogen-bond donors (Lipinski definition) is 1. The second-order valence-electron chi connectivity index (χ2n) is 2.37. The molecule has 1 aliphatic heterocycles. The Morgan fingerprint density at radius 1 is 1.67 bits per heavy atom. The molecular formula is C7H9N2. The Labute approximate surface area is 54.6 Å². The molecule has 0 aromatic heterocycles. The Kier molecular flexibility index (Phi) is 1.06. The zero-order chi connectivity index (χ0) is 6.10. The van der Waals surface area contributed by atoms with Crippen LogP contribution in [0.1, 0.15) is 6.42 Å². The van der Waals surface area contributed by atoms with E-state index in [9.17, 15) is 0 Å². The van der Waals surface area contributed by atoms with Crippen molar-refractivity contribution in [2.24, 2.45) is 5.92 Å². The van der Waals surface area contributed by atoms with Crippen molar-refractivity contribution in [3.05, 3.63) is 23.9 Å². The van der Waals surface area contributed by atoms with E-state index in [-0.39, 0.29) is 0 Å². The lowest BCUT2D eigenvalue weighted by atomic mass is 10.0. The van der Waals surface area contributed by atoms with Crippen molar-refractivity contribution >= 4 is 0 Å². The molecule has 1 atom stereocenters. The van der Waals surface area contributed by atoms with Crippen LogP contribution in [0.4, 0.5) is 0 Å². The minimum atomic E-state index is 0.568. The smallest absolute Gasteiger partial charge is 0.0593 e. The maximum absolute atomic E-state index is 4.12. The molecule has 1 radical (unpaired) electrons. The first-order chi connectivity index (χ1) is 4.47. The number of hydrogen-bond acceptors (Lipinski definition) is 1. The molecule has 0 amide bonds. The van der Waals surface area contributed by atoms with Crippen LogP contribution in [-0.2, 0) is 0 Å². The monoisotopic (exact) mass is 121 g/mol. The van der Waals surface area contributed by atoms with Crippen LogP contribution in [-0.4, -0.2) is 6.54 Å². The highest BCUT2D eigenvalue weighted by Gasteiger charge is 2.19. The molecule has 2 rings (SSSR count). The molecule has 1 saturated heterocycles. The van der Waals surface area contributed by atoms with Gasteiger partial charge in [-0.15, -0.1) is 0 Å². The third kappa shape index (κ3) is 0.754. The Balaban J connectivity index is 2.22. The van der Waals surface area contributed by atoms with Gasteiger partial charge in [0.05, 0.1) is 5.70 Å². The van der Waals surface area contributed by atoms with Gasteiger partial charge in [0, 0.05) is 12.5 Å². The van der Waals surface area contributed by atoms with Gasteiger partial charge in [-0.1, -0.05) is 18.2 Å². The third-order valence-electron chi connectivity index (χ3n) is 1.73. The number of nitrogens with zero attached hydrogens (tertiary/aromatic N) is 1. The van der Waals surface area contributed by atoms with Crippen molar-refractivity contribution in [3.63, 3.8) is 0 Å². The second kappa shape index (κ2) is 1.88. The first kappa shape index (κ1) is 5.06. The Bertz CT molecular complexity index is 170. The minimum absolute atomic E-state index is 0.568. The van der Waals surface area contributed by atoms with Gasteiger partial charge in [0.2, 0.25) is 0 Å². The van der Waals surface area contributed by atoms with Gasteiger partial charge in [-0.3, -0.25) is 0 Å². The molecule has 1 heterocycles. The Morgan fingerprint density at radius 3 is 3.56 bits per heavy atom. The van der Waals surface area contributed by atoms with E-state index >= 15 is 0 Å². The van der Waals surface area contributed by atoms with Gasteiger partial charge in [-0.05, 0) is 6.42 Å². The molecule has 2 aliphatic rings. The van der Waals surface area contributed by atoms with Crippen molar-refractivity contribution in [2.45, 2.75) is 6.42 Å². The summed E-state index contributed by atoms with van der Waals surface area (Å²) in [5.74, 6) is 0.568. The van der Waals surface area contributed by atoms with Gasteiger partial charge < -0.3 is 0 Å². The summed E-state index contributed by atoms with van der Waals surface area (Å²) in [5.41, 5.74) is 8.31. The zero-order valence-electron chi connectivity index (χ0n) is 5.17. The van der Waals surface area contributed by atoms with Crippen LogP contribution >= 0.6 is 0 Å². The molecular weight excluding hydrogens is 112 g/mol. The largest absolute Gasteiger partial charge is 0.213 e. The van der Waals surface area contributed by atoms with Gasteiger partial charge in [0.15, 0.2) is 0 Å². The fraction of sp³-hybridized carbons (Fsp3) is 0.429. The molecule has 0 aromatic carbocycles. The molecule has 0 spiro atoms. The van der Waals surface area contributed by atoms with Gasteiger partial charge in [0.1, 0.15) is 0 Å². The highest BCUT2D eigenvalue weighted by atomic mass is 15.4. The molecule has 1 fully saturated rings. The van der Waals surface area contributed by atoms with E-state index < -0.39 is 0 Å². The average molecular weight is 121 g/mol. The molecule has 0 bridgehead atoms. The van der Waals surface area contributed by atoms with E-state index in [0.29, 0.717) is 5.92 Å². The summed E-state index contributed by atoms with van der Waals surface area (Å²) >= 11 is 0. The van der Waals surface area contributed by atoms with Crippen molar-refractivity contribution in [2.75, 3.05) is 6.54 Å². The van der Waals surface area contributed by atoms with Crippen LogP contribution in [0.5, 0.6) is 0 Å². The van der Waals surface area contributed by atoms with Gasteiger partial charge in [-0.2, -0.15) is 0 Å². The van der Waals surface area contributed by atoms with Crippen LogP contribution in [0.2, 0.25) is 0 Å². The molecule has 2 heteroatoms. The van der Waals surface area contributed by atoms with Crippen molar-refractivity contribution in [1.29, 1.82) is 0 Å². The Hall–Kier alpha value is -0.760. The second-order valence-corrected chi connectivity index (χ2v) is 2.37. The van der Waals surface area contributed by atoms with E-state index in [1.807, 2.05) is 0 Å². The van der Waals surface area contributed by atoms with Gasteiger partial charge in [0.25, 0.3) is 0 Å². The summed E-state index contributed by atoms with van der Waals surface area (Å²) in [5, 5.41) is 0. The minimum Gasteiger partial charge on any atom is -0.213 e. The van der Waals surface area contributed by atoms with Crippen LogP contribution < -0.4 is 10.9 Å². The van der Waals surface area contributed by atoms with E-state index in [1.165, 1.54) is 5.70 Å². The number of fused-ring (bicyclic) bond motifs is 1. The third-order valence-corrected chi connectivity index (χ3v) is 1.73. The SMILES string of the molecule is C1=CC2CN[N]C2=CC1. The van der Waals surface area contributed by atoms with E-state index in [1.54, 1.807) is 0 Å². The number of nitrogens with one attached hydrogen (secondary N) is 1. The summed E-state index contributed by atoms with van der Waals surface area (Å²) in [4.78, 5) is 0. The van der Waals surface area contributed by atoms with Crippen LogP contribution in [0.3, 0.4) is 0 Å². The fourth-order valence-electron chi connectivity index (χ4n) is 1.22. The fourth-order valence-corrected chi connectivity index (χ4v) is 1.22. The van der Waals surface area contributed by atoms with Crippen molar-refractivity contribution < 1.29 is 0 Å². The molecule has 9 heavy (non-hydrogen) atoms. The highest BCUT2D eigenvalue weighted by Crippen LogP contribution is 2.19. The van der Waals surface area contributed by atoms with E-state index in [4.69, 9.17) is 0 Å². The predicted molar refractivity (Wildman–Crippen MR) is 35.5 cm³/mol. The highest BCUT2D eigenvalue weighted by molar-refractivity contribution is 5.20. The molecule has 1 unspecified atom stereocenters. The van der Waals surface area contributed by atoms with Crippen molar-refractivity contribution in [1.82, 2.24) is 10.9 Å². The maximum Gasteiger partial charge on any atom is 0.0593 e. The summed E-state index contributed by atoms with van der Waals surface area (Å²) in [6.07, 6.45) is 7.64. The summed E-state index contributed by atoms with van der Waals surface area (Å²) < 4.78 is 0. The lowest BCUT2D eigenvalue weighted by Gasteiger charge is -2.05. The van der Waals surface area contributed by atoms with Crippen LogP contribution in [0, 0.1) is 5.92 Å². The number of allylic oxidation sites excluding steroid dienone is 2. The van der Waals surface area contributed by atoms with E-state index in [0.717, 1.165) is 13.0 Å². The molecule has 0 saturated carbocycles. The topological polar surface area (TPSA) is 26.1 Å². The Morgan fingerprint density at radius 2 is 2.67 bits per heavy atom. The molecule has 1 aliphatic carbocycles. The lowest BCUT2D eigenvalue weighted by molar-refractivity contribution is 0.697. The predicted octanol–water partition coefficient (Wildman–Crippen LogP) is 0.569. The summed E-state index contributed by atoms with van der Waals surface area (Å²) in [7, 11) is 0. The standard InChI is InChI=1S/C7H9N2/c1-2-4-7-6(3-1)5-8-9-7/h1,3-4,6,8H,2,5H2. The molecule has 2 nitrogen and oxygen atoms in total. The molecule has 0 aromatic rings. The lowest BCUT2D eigenvalue weighted by Crippen LogP contribution is -2.12. The molecule has 1 N–H and O–H groups in total. The normalized spacial score (nSPS) is 31.1. The number of rotatable bonds is 0. The first-order valence-corrected chi connectivity index (χ1v) is 3.27. The van der Waals surface area contributed by atoms with Gasteiger partial charge >= 0.3 is 0 Å². The maximum atomic E-state index is 4.12. The van der Waals surface area contributed by atoms with Crippen LogP contribution in [0.15, 0.2) is 23.9 Å². The first-order valence-electron chi connectivity index (χ1n) is 3.27. The molecule has 47 valence electrons. The quantitative estimate of drug-likeness (QED) is 0.466.